The molecule has 3 aromatic rings. The van der Waals surface area contributed by atoms with E-state index in [0.29, 0.717) is 33.9 Å². The molecule has 0 aliphatic carbocycles. The summed E-state index contributed by atoms with van der Waals surface area (Å²) in [5.41, 5.74) is 2.00. The lowest BCUT2D eigenvalue weighted by molar-refractivity contribution is -0.122. The van der Waals surface area contributed by atoms with Crippen LogP contribution in [0.2, 0.25) is 0 Å². The molecule has 0 aromatic heterocycles. The van der Waals surface area contributed by atoms with Crippen molar-refractivity contribution in [3.63, 3.8) is 0 Å². The van der Waals surface area contributed by atoms with Gasteiger partial charge in [0.05, 0.1) is 17.6 Å². The molecule has 0 saturated carbocycles. The molecular weight excluding hydrogens is 499 g/mol. The molecule has 3 N–H and O–H groups in total. The van der Waals surface area contributed by atoms with E-state index in [9.17, 15) is 9.59 Å². The Hall–Kier alpha value is -3.44. The van der Waals surface area contributed by atoms with Gasteiger partial charge in [0.15, 0.2) is 6.17 Å². The quantitative estimate of drug-likeness (QED) is 0.318. The van der Waals surface area contributed by atoms with Crippen LogP contribution in [0.3, 0.4) is 0 Å². The number of halogens is 3. The van der Waals surface area contributed by atoms with Crippen molar-refractivity contribution in [2.75, 3.05) is 5.32 Å². The number of amides is 3. The van der Waals surface area contributed by atoms with E-state index >= 15 is 0 Å². The van der Waals surface area contributed by atoms with Crippen LogP contribution in [0, 0.1) is 11.3 Å². The summed E-state index contributed by atoms with van der Waals surface area (Å²) < 4.78 is 3.86. The molecule has 172 valence electrons. The van der Waals surface area contributed by atoms with E-state index in [1.54, 1.807) is 66.7 Å². The Labute approximate surface area is 210 Å². The molecule has 10 heteroatoms. The lowest BCUT2D eigenvalue weighted by atomic mass is 9.87. The van der Waals surface area contributed by atoms with Crippen LogP contribution in [0.4, 0.5) is 10.5 Å². The lowest BCUT2D eigenvalue weighted by Gasteiger charge is -2.31. The molecular formula is C24H17Cl3N4O3. The third-order valence-corrected chi connectivity index (χ3v) is 5.74. The Morgan fingerprint density at radius 1 is 0.912 bits per heavy atom. The Balaban J connectivity index is 1.56. The largest absolute Gasteiger partial charge is 0.457 e. The number of hydrogen-bond acceptors (Lipinski definition) is 4. The Bertz CT molecular complexity index is 1240. The number of nitrogens with one attached hydrogen (secondary N) is 3. The maximum Gasteiger partial charge on any atom is 0.320 e. The predicted octanol–water partition coefficient (Wildman–Crippen LogP) is 5.43. The zero-order valence-electron chi connectivity index (χ0n) is 17.4. The molecule has 7 nitrogen and oxygen atoms in total. The smallest absolute Gasteiger partial charge is 0.320 e. The monoisotopic (exact) mass is 514 g/mol. The van der Waals surface area contributed by atoms with Crippen LogP contribution in [0.5, 0.6) is 11.5 Å². The summed E-state index contributed by atoms with van der Waals surface area (Å²) in [6, 6.07) is 21.8. The van der Waals surface area contributed by atoms with Gasteiger partial charge >= 0.3 is 6.03 Å². The second-order valence-corrected chi connectivity index (χ2v) is 9.75. The van der Waals surface area contributed by atoms with Gasteiger partial charge < -0.3 is 20.7 Å². The number of carbonyl (C=O) groups is 2. The first kappa shape index (κ1) is 23.7. The SMILES string of the molecule is N#Cc1cccc(NC(=O)NC(NC(=O)C2c3ccccc3Oc3ccccc32)C(Cl)(Cl)Cl)c1. The summed E-state index contributed by atoms with van der Waals surface area (Å²) in [6.07, 6.45) is -1.37. The first-order chi connectivity index (χ1) is 16.3. The zero-order chi connectivity index (χ0) is 24.3. The summed E-state index contributed by atoms with van der Waals surface area (Å²) in [5, 5.41) is 16.7. The summed E-state index contributed by atoms with van der Waals surface area (Å²) in [4.78, 5) is 26.0. The van der Waals surface area contributed by atoms with E-state index in [1.807, 2.05) is 6.07 Å². The van der Waals surface area contributed by atoms with Gasteiger partial charge in [0.25, 0.3) is 0 Å². The number of rotatable bonds is 4. The summed E-state index contributed by atoms with van der Waals surface area (Å²) in [7, 11) is 0. The van der Waals surface area contributed by atoms with Gasteiger partial charge in [0.1, 0.15) is 11.5 Å². The van der Waals surface area contributed by atoms with Crippen LogP contribution in [-0.4, -0.2) is 21.9 Å². The van der Waals surface area contributed by atoms with Crippen molar-refractivity contribution >= 4 is 52.4 Å². The maximum atomic E-state index is 13.5. The van der Waals surface area contributed by atoms with Crippen molar-refractivity contribution in [1.29, 1.82) is 5.26 Å². The van der Waals surface area contributed by atoms with Gasteiger partial charge in [-0.1, -0.05) is 77.3 Å². The number of carbonyl (C=O) groups excluding carboxylic acids is 2. The molecule has 1 unspecified atom stereocenters. The average molecular weight is 516 g/mol. The van der Waals surface area contributed by atoms with Crippen LogP contribution < -0.4 is 20.7 Å². The minimum atomic E-state index is -2.06. The molecule has 0 bridgehead atoms. The number of urea groups is 1. The Morgan fingerprint density at radius 2 is 1.53 bits per heavy atom. The fourth-order valence-corrected chi connectivity index (χ4v) is 3.91. The number of alkyl halides is 3. The van der Waals surface area contributed by atoms with E-state index in [2.05, 4.69) is 16.0 Å². The van der Waals surface area contributed by atoms with E-state index in [4.69, 9.17) is 44.8 Å². The van der Waals surface area contributed by atoms with Gasteiger partial charge in [0, 0.05) is 16.8 Å². The molecule has 1 aliphatic heterocycles. The number of anilines is 1. The van der Waals surface area contributed by atoms with Crippen LogP contribution in [0.25, 0.3) is 0 Å². The molecule has 4 rings (SSSR count). The zero-order valence-corrected chi connectivity index (χ0v) is 19.7. The van der Waals surface area contributed by atoms with E-state index in [-0.39, 0.29) is 0 Å². The normalized spacial score (nSPS) is 13.4. The van der Waals surface area contributed by atoms with E-state index in [1.165, 1.54) is 6.07 Å². The highest BCUT2D eigenvalue weighted by atomic mass is 35.6. The first-order valence-electron chi connectivity index (χ1n) is 10.1. The predicted molar refractivity (Wildman–Crippen MR) is 130 cm³/mol. The number of hydrogen-bond donors (Lipinski definition) is 3. The van der Waals surface area contributed by atoms with Gasteiger partial charge in [0.2, 0.25) is 9.70 Å². The topological polar surface area (TPSA) is 103 Å². The molecule has 0 saturated heterocycles. The Kier molecular flexibility index (Phi) is 6.85. The molecule has 1 atom stereocenters. The van der Waals surface area contributed by atoms with E-state index < -0.39 is 27.8 Å². The van der Waals surface area contributed by atoms with Crippen LogP contribution in [-0.2, 0) is 4.79 Å². The molecule has 1 heterocycles. The van der Waals surface area contributed by atoms with Gasteiger partial charge in [-0.25, -0.2) is 4.79 Å². The second-order valence-electron chi connectivity index (χ2n) is 7.39. The minimum absolute atomic E-state index is 0.359. The third kappa shape index (κ3) is 5.20. The van der Waals surface area contributed by atoms with Crippen molar-refractivity contribution in [2.45, 2.75) is 15.9 Å². The van der Waals surface area contributed by atoms with Gasteiger partial charge in [-0.15, -0.1) is 0 Å². The molecule has 34 heavy (non-hydrogen) atoms. The van der Waals surface area contributed by atoms with Gasteiger partial charge in [-0.2, -0.15) is 5.26 Å². The fourth-order valence-electron chi connectivity index (χ4n) is 3.58. The fraction of sp³-hybridized carbons (Fsp3) is 0.125. The van der Waals surface area contributed by atoms with Crippen molar-refractivity contribution < 1.29 is 14.3 Å². The Morgan fingerprint density at radius 3 is 2.12 bits per heavy atom. The summed E-state index contributed by atoms with van der Waals surface area (Å²) in [6.45, 7) is 0. The number of para-hydroxylation sites is 2. The van der Waals surface area contributed by atoms with Crippen LogP contribution in [0.15, 0.2) is 72.8 Å². The standard InChI is InChI=1S/C24H17Cl3N4O3/c25-24(26,27)22(31-23(33)29-15-7-5-6-14(12-15)13-28)30-21(32)20-16-8-1-3-10-18(16)34-19-11-4-2-9-17(19)20/h1-12,20,22H,(H,30,32)(H2,29,31,33). The number of nitrogens with zero attached hydrogens (tertiary/aromatic N) is 1. The van der Waals surface area contributed by atoms with E-state index in [0.717, 1.165) is 0 Å². The van der Waals surface area contributed by atoms with Crippen molar-refractivity contribution in [3.8, 4) is 17.6 Å². The molecule has 1 aliphatic rings. The van der Waals surface area contributed by atoms with Gasteiger partial charge in [-0.3, -0.25) is 4.79 Å². The summed E-state index contributed by atoms with van der Waals surface area (Å²) >= 11 is 18.2. The van der Waals surface area contributed by atoms with Crippen LogP contribution in [0.1, 0.15) is 22.6 Å². The molecule has 0 fully saturated rings. The molecule has 3 aromatic carbocycles. The summed E-state index contributed by atoms with van der Waals surface area (Å²) in [5.74, 6) is -0.177. The highest BCUT2D eigenvalue weighted by Crippen LogP contribution is 2.44. The maximum absolute atomic E-state index is 13.5. The van der Waals surface area contributed by atoms with Gasteiger partial charge in [-0.05, 0) is 30.3 Å². The number of ether oxygens (including phenoxy) is 1. The minimum Gasteiger partial charge on any atom is -0.457 e. The van der Waals surface area contributed by atoms with Crippen molar-refractivity contribution in [3.05, 3.63) is 89.5 Å². The number of nitriles is 1. The second kappa shape index (κ2) is 9.82. The first-order valence-corrected chi connectivity index (χ1v) is 11.2. The highest BCUT2D eigenvalue weighted by Gasteiger charge is 2.39. The molecule has 0 radical (unpaired) electrons. The lowest BCUT2D eigenvalue weighted by Crippen LogP contribution is -2.57. The van der Waals surface area contributed by atoms with Crippen LogP contribution >= 0.6 is 34.8 Å². The highest BCUT2D eigenvalue weighted by molar-refractivity contribution is 6.68. The number of fused-ring (bicyclic) bond motifs is 2. The number of benzene rings is 3. The van der Waals surface area contributed by atoms with Crippen molar-refractivity contribution in [1.82, 2.24) is 10.6 Å². The molecule has 3 amide bonds. The van der Waals surface area contributed by atoms with Crippen molar-refractivity contribution in [2.24, 2.45) is 0 Å². The average Bonchev–Trinajstić information content (AvgIpc) is 2.81. The molecule has 0 spiro atoms. The third-order valence-electron chi connectivity index (χ3n) is 5.08.